The topological polar surface area (TPSA) is 95.1 Å². The Bertz CT molecular complexity index is 1270. The second kappa shape index (κ2) is 9.61. The number of benzene rings is 1. The van der Waals surface area contributed by atoms with Crippen LogP contribution in [0.25, 0.3) is 17.1 Å². The van der Waals surface area contributed by atoms with Gasteiger partial charge < -0.3 is 14.5 Å². The van der Waals surface area contributed by atoms with E-state index in [9.17, 15) is 4.79 Å². The Morgan fingerprint density at radius 2 is 1.94 bits per heavy atom. The molecule has 0 saturated carbocycles. The van der Waals surface area contributed by atoms with Crippen molar-refractivity contribution in [3.8, 4) is 17.1 Å². The van der Waals surface area contributed by atoms with Crippen LogP contribution >= 0.6 is 0 Å². The standard InChI is InChI=1S/C26H27N5O3/c1-17-21(14-19-4-6-20(7-5-19)24-16-34-18(2)28-24)15-23(30-25(17)31-11-3-10-27-31)26(32)29-22-8-12-33-13-9-22/h3-7,10-11,15-16,22H,8-9,12-14H2,1-2H3,(H,29,32). The van der Waals surface area contributed by atoms with Gasteiger partial charge in [0, 0.05) is 44.1 Å². The minimum atomic E-state index is -0.168. The Balaban J connectivity index is 1.44. The molecule has 0 spiro atoms. The zero-order valence-electron chi connectivity index (χ0n) is 19.3. The number of ether oxygens (including phenoxy) is 1. The molecule has 0 bridgehead atoms. The first-order valence-electron chi connectivity index (χ1n) is 11.5. The van der Waals surface area contributed by atoms with Crippen LogP contribution in [0.3, 0.4) is 0 Å². The first-order valence-corrected chi connectivity index (χ1v) is 11.5. The summed E-state index contributed by atoms with van der Waals surface area (Å²) in [5, 5.41) is 7.47. The Labute approximate surface area is 198 Å². The van der Waals surface area contributed by atoms with Crippen molar-refractivity contribution in [1.29, 1.82) is 0 Å². The van der Waals surface area contributed by atoms with E-state index < -0.39 is 0 Å². The fourth-order valence-electron chi connectivity index (χ4n) is 4.17. The number of carbonyl (C=O) groups excluding carboxylic acids is 1. The molecule has 8 nitrogen and oxygen atoms in total. The molecule has 34 heavy (non-hydrogen) atoms. The highest BCUT2D eigenvalue weighted by Gasteiger charge is 2.20. The van der Waals surface area contributed by atoms with E-state index >= 15 is 0 Å². The van der Waals surface area contributed by atoms with Gasteiger partial charge in [-0.15, -0.1) is 0 Å². The Morgan fingerprint density at radius 3 is 2.62 bits per heavy atom. The third kappa shape index (κ3) is 4.77. The van der Waals surface area contributed by atoms with Crippen molar-refractivity contribution in [3.05, 3.63) is 83.3 Å². The summed E-state index contributed by atoms with van der Waals surface area (Å²) in [5.74, 6) is 1.14. The van der Waals surface area contributed by atoms with Gasteiger partial charge >= 0.3 is 0 Å². The van der Waals surface area contributed by atoms with Crippen LogP contribution in [0.5, 0.6) is 0 Å². The normalized spacial score (nSPS) is 14.3. The maximum Gasteiger partial charge on any atom is 0.270 e. The average Bonchev–Trinajstić information content (AvgIpc) is 3.54. The number of oxazole rings is 1. The van der Waals surface area contributed by atoms with Gasteiger partial charge in [0.2, 0.25) is 0 Å². The van der Waals surface area contributed by atoms with Crippen molar-refractivity contribution in [2.75, 3.05) is 13.2 Å². The number of nitrogens with zero attached hydrogens (tertiary/aromatic N) is 4. The molecule has 174 valence electrons. The van der Waals surface area contributed by atoms with Crippen LogP contribution in [0.4, 0.5) is 0 Å². The second-order valence-electron chi connectivity index (χ2n) is 8.55. The number of hydrogen-bond acceptors (Lipinski definition) is 6. The minimum absolute atomic E-state index is 0.105. The van der Waals surface area contributed by atoms with E-state index in [1.54, 1.807) is 17.1 Å². The number of hydrogen-bond donors (Lipinski definition) is 1. The van der Waals surface area contributed by atoms with Crippen molar-refractivity contribution < 1.29 is 13.9 Å². The summed E-state index contributed by atoms with van der Waals surface area (Å²) in [5.41, 5.74) is 5.36. The Kier molecular flexibility index (Phi) is 6.22. The quantitative estimate of drug-likeness (QED) is 0.470. The maximum absolute atomic E-state index is 13.1. The highest BCUT2D eigenvalue weighted by atomic mass is 16.5. The van der Waals surface area contributed by atoms with Crippen molar-refractivity contribution in [3.63, 3.8) is 0 Å². The average molecular weight is 458 g/mol. The molecule has 0 radical (unpaired) electrons. The van der Waals surface area contributed by atoms with E-state index in [4.69, 9.17) is 9.15 Å². The molecular weight excluding hydrogens is 430 g/mol. The van der Waals surface area contributed by atoms with Crippen LogP contribution in [0.15, 0.2) is 59.5 Å². The monoisotopic (exact) mass is 457 g/mol. The summed E-state index contributed by atoms with van der Waals surface area (Å²) in [6.45, 7) is 5.18. The lowest BCUT2D eigenvalue weighted by atomic mass is 9.99. The van der Waals surface area contributed by atoms with E-state index in [2.05, 4.69) is 32.5 Å². The SMILES string of the molecule is Cc1nc(-c2ccc(Cc3cc(C(=O)NC4CCOCC4)nc(-n4cccn4)c3C)cc2)co1. The molecular formula is C26H27N5O3. The number of nitrogens with one attached hydrogen (secondary N) is 1. The molecule has 0 unspecified atom stereocenters. The van der Waals surface area contributed by atoms with Gasteiger partial charge in [0.05, 0.1) is 0 Å². The molecule has 1 fully saturated rings. The third-order valence-corrected chi connectivity index (χ3v) is 6.13. The number of amides is 1. The molecule has 1 aromatic carbocycles. The number of aromatic nitrogens is 4. The summed E-state index contributed by atoms with van der Waals surface area (Å²) < 4.78 is 12.4. The smallest absolute Gasteiger partial charge is 0.270 e. The van der Waals surface area contributed by atoms with Gasteiger partial charge in [-0.2, -0.15) is 5.10 Å². The molecule has 1 N–H and O–H groups in total. The Hall–Kier alpha value is -3.78. The zero-order chi connectivity index (χ0) is 23.5. The molecule has 3 aromatic heterocycles. The fourth-order valence-corrected chi connectivity index (χ4v) is 4.17. The summed E-state index contributed by atoms with van der Waals surface area (Å²) >= 11 is 0. The second-order valence-corrected chi connectivity index (χ2v) is 8.55. The molecule has 4 aromatic rings. The molecule has 0 aliphatic carbocycles. The molecule has 1 aliphatic heterocycles. The predicted octanol–water partition coefficient (Wildman–Crippen LogP) is 4.04. The van der Waals surface area contributed by atoms with Gasteiger partial charge in [-0.05, 0) is 55.0 Å². The van der Waals surface area contributed by atoms with E-state index in [0.717, 1.165) is 40.8 Å². The number of pyridine rings is 1. The van der Waals surface area contributed by atoms with Crippen LogP contribution in [-0.2, 0) is 11.2 Å². The molecule has 4 heterocycles. The van der Waals surface area contributed by atoms with Crippen molar-refractivity contribution in [1.82, 2.24) is 25.1 Å². The molecule has 1 saturated heterocycles. The van der Waals surface area contributed by atoms with Gasteiger partial charge in [-0.3, -0.25) is 4.79 Å². The van der Waals surface area contributed by atoms with Crippen LogP contribution in [0.1, 0.15) is 45.9 Å². The van der Waals surface area contributed by atoms with Crippen LogP contribution < -0.4 is 5.32 Å². The van der Waals surface area contributed by atoms with Gasteiger partial charge in [-0.1, -0.05) is 24.3 Å². The summed E-state index contributed by atoms with van der Waals surface area (Å²) in [7, 11) is 0. The lowest BCUT2D eigenvalue weighted by molar-refractivity contribution is 0.0694. The van der Waals surface area contributed by atoms with Crippen molar-refractivity contribution in [2.24, 2.45) is 0 Å². The van der Waals surface area contributed by atoms with Crippen molar-refractivity contribution >= 4 is 5.91 Å². The highest BCUT2D eigenvalue weighted by molar-refractivity contribution is 5.93. The van der Waals surface area contributed by atoms with E-state index in [1.165, 1.54) is 0 Å². The van der Waals surface area contributed by atoms with E-state index in [1.807, 2.05) is 44.3 Å². The maximum atomic E-state index is 13.1. The van der Waals surface area contributed by atoms with Crippen LogP contribution in [0.2, 0.25) is 0 Å². The molecule has 8 heteroatoms. The van der Waals surface area contributed by atoms with E-state index in [-0.39, 0.29) is 11.9 Å². The molecule has 0 atom stereocenters. The number of rotatable bonds is 6. The van der Waals surface area contributed by atoms with Gasteiger partial charge in [-0.25, -0.2) is 14.6 Å². The van der Waals surface area contributed by atoms with Gasteiger partial charge in [0.15, 0.2) is 11.7 Å². The van der Waals surface area contributed by atoms with Gasteiger partial charge in [0.25, 0.3) is 5.91 Å². The predicted molar refractivity (Wildman–Crippen MR) is 127 cm³/mol. The van der Waals surface area contributed by atoms with Gasteiger partial charge in [0.1, 0.15) is 17.7 Å². The first-order chi connectivity index (χ1) is 16.6. The zero-order valence-corrected chi connectivity index (χ0v) is 19.3. The van der Waals surface area contributed by atoms with Crippen molar-refractivity contribution in [2.45, 2.75) is 39.2 Å². The molecule has 1 amide bonds. The summed E-state index contributed by atoms with van der Waals surface area (Å²) in [6, 6.07) is 12.1. The largest absolute Gasteiger partial charge is 0.449 e. The minimum Gasteiger partial charge on any atom is -0.449 e. The van der Waals surface area contributed by atoms with Crippen LogP contribution in [0, 0.1) is 13.8 Å². The summed E-state index contributed by atoms with van der Waals surface area (Å²) in [4.78, 5) is 22.2. The number of carbonyl (C=O) groups is 1. The third-order valence-electron chi connectivity index (χ3n) is 6.13. The first kappa shape index (κ1) is 22.0. The Morgan fingerprint density at radius 1 is 1.15 bits per heavy atom. The lowest BCUT2D eigenvalue weighted by Gasteiger charge is -2.23. The highest BCUT2D eigenvalue weighted by Crippen LogP contribution is 2.23. The number of aryl methyl sites for hydroxylation is 1. The van der Waals surface area contributed by atoms with E-state index in [0.29, 0.717) is 37.0 Å². The summed E-state index contributed by atoms with van der Waals surface area (Å²) in [6.07, 6.45) is 7.50. The molecule has 1 aliphatic rings. The fraction of sp³-hybridized carbons (Fsp3) is 0.308. The lowest BCUT2D eigenvalue weighted by Crippen LogP contribution is -2.39. The van der Waals surface area contributed by atoms with Crippen LogP contribution in [-0.4, -0.2) is 44.9 Å². The molecule has 5 rings (SSSR count).